The minimum atomic E-state index is 0.414. The maximum absolute atomic E-state index is 5.94. The number of ether oxygens (including phenoxy) is 2. The highest BCUT2D eigenvalue weighted by Gasteiger charge is 2.10. The van der Waals surface area contributed by atoms with E-state index in [0.29, 0.717) is 12.5 Å². The molecule has 0 aliphatic carbocycles. The Morgan fingerprint density at radius 3 is 2.58 bits per heavy atom. The highest BCUT2D eigenvalue weighted by atomic mass is 35.5. The third kappa shape index (κ3) is 3.43. The van der Waals surface area contributed by atoms with Crippen molar-refractivity contribution >= 4 is 22.9 Å². The van der Waals surface area contributed by atoms with Gasteiger partial charge in [0.25, 0.3) is 0 Å². The van der Waals surface area contributed by atoms with Crippen molar-refractivity contribution in [1.82, 2.24) is 0 Å². The summed E-state index contributed by atoms with van der Waals surface area (Å²) in [7, 11) is 1.64. The van der Waals surface area contributed by atoms with E-state index in [1.54, 1.807) is 18.4 Å². The van der Waals surface area contributed by atoms with E-state index in [-0.39, 0.29) is 0 Å². The second-order valence-corrected chi connectivity index (χ2v) is 5.61. The molecule has 0 fully saturated rings. The average molecular weight is 297 g/mol. The zero-order valence-electron chi connectivity index (χ0n) is 11.1. The van der Waals surface area contributed by atoms with E-state index in [2.05, 4.69) is 19.1 Å². The summed E-state index contributed by atoms with van der Waals surface area (Å²) in [5.74, 6) is 1.88. The highest BCUT2D eigenvalue weighted by molar-refractivity contribution is 7.11. The van der Waals surface area contributed by atoms with Gasteiger partial charge < -0.3 is 9.47 Å². The summed E-state index contributed by atoms with van der Waals surface area (Å²) in [5.41, 5.74) is 0.952. The Morgan fingerprint density at radius 2 is 1.95 bits per heavy atom. The first-order valence-corrected chi connectivity index (χ1v) is 7.55. The molecular formula is C15H17ClO2S. The van der Waals surface area contributed by atoms with Gasteiger partial charge in [0, 0.05) is 15.3 Å². The topological polar surface area (TPSA) is 18.5 Å². The number of benzene rings is 1. The Hall–Kier alpha value is -1.19. The molecule has 0 aliphatic rings. The first-order valence-electron chi connectivity index (χ1n) is 6.20. The van der Waals surface area contributed by atoms with Gasteiger partial charge in [-0.1, -0.05) is 19.1 Å². The Bertz CT molecular complexity index is 514. The molecule has 1 heterocycles. The fraction of sp³-hybridized carbons (Fsp3) is 0.333. The van der Waals surface area contributed by atoms with E-state index in [4.69, 9.17) is 21.1 Å². The molecule has 102 valence electrons. The van der Waals surface area contributed by atoms with E-state index in [9.17, 15) is 0 Å². The number of thiophene rings is 1. The summed E-state index contributed by atoms with van der Waals surface area (Å²) in [6, 6.07) is 10.0. The minimum absolute atomic E-state index is 0.414. The monoisotopic (exact) mass is 296 g/mol. The fourth-order valence-electron chi connectivity index (χ4n) is 1.82. The summed E-state index contributed by atoms with van der Waals surface area (Å²) in [6.07, 6.45) is 1.06. The quantitative estimate of drug-likeness (QED) is 0.723. The molecule has 0 saturated heterocycles. The summed E-state index contributed by atoms with van der Waals surface area (Å²) < 4.78 is 11.2. The van der Waals surface area contributed by atoms with Crippen LogP contribution in [0.2, 0.25) is 0 Å². The Kier molecular flexibility index (Phi) is 5.11. The average Bonchev–Trinajstić information content (AvgIpc) is 2.92. The Morgan fingerprint density at radius 1 is 1.16 bits per heavy atom. The molecular weight excluding hydrogens is 280 g/mol. The molecule has 2 nitrogen and oxygen atoms in total. The first kappa shape index (κ1) is 14.2. The lowest BCUT2D eigenvalue weighted by Crippen LogP contribution is -1.99. The van der Waals surface area contributed by atoms with Gasteiger partial charge in [-0.15, -0.1) is 22.9 Å². The number of halogens is 1. The lowest BCUT2D eigenvalue weighted by molar-refractivity contribution is 0.285. The van der Waals surface area contributed by atoms with Gasteiger partial charge in [-0.3, -0.25) is 0 Å². The number of hydrogen-bond donors (Lipinski definition) is 0. The highest BCUT2D eigenvalue weighted by Crippen LogP contribution is 2.33. The lowest BCUT2D eigenvalue weighted by atomic mass is 10.2. The predicted molar refractivity (Wildman–Crippen MR) is 80.6 cm³/mol. The molecule has 0 radical (unpaired) electrons. The standard InChI is InChI=1S/C15H17ClO2S/c1-3-12-7-8-13(19-12)10-18-15-11(9-16)5-4-6-14(15)17-2/h4-8H,3,9-10H2,1-2H3. The summed E-state index contributed by atoms with van der Waals surface area (Å²) in [4.78, 5) is 2.58. The molecule has 4 heteroatoms. The van der Waals surface area contributed by atoms with E-state index >= 15 is 0 Å². The molecule has 0 saturated carbocycles. The van der Waals surface area contributed by atoms with Crippen molar-refractivity contribution in [2.24, 2.45) is 0 Å². The van der Waals surface area contributed by atoms with Gasteiger partial charge in [0.1, 0.15) is 6.61 Å². The molecule has 2 rings (SSSR count). The van der Waals surface area contributed by atoms with Gasteiger partial charge in [0.05, 0.1) is 13.0 Å². The van der Waals surface area contributed by atoms with E-state index < -0.39 is 0 Å². The van der Waals surface area contributed by atoms with Gasteiger partial charge in [0.2, 0.25) is 0 Å². The van der Waals surface area contributed by atoms with Crippen LogP contribution in [0.15, 0.2) is 30.3 Å². The molecule has 0 amide bonds. The Labute approximate surface area is 122 Å². The number of methoxy groups -OCH3 is 1. The van der Waals surface area contributed by atoms with Gasteiger partial charge in [-0.2, -0.15) is 0 Å². The Balaban J connectivity index is 2.13. The maximum Gasteiger partial charge on any atom is 0.166 e. The lowest BCUT2D eigenvalue weighted by Gasteiger charge is -2.13. The number of para-hydroxylation sites is 1. The van der Waals surface area contributed by atoms with Crippen LogP contribution in [0.25, 0.3) is 0 Å². The van der Waals surface area contributed by atoms with Crippen LogP contribution in [0, 0.1) is 0 Å². The van der Waals surface area contributed by atoms with Gasteiger partial charge >= 0.3 is 0 Å². The predicted octanol–water partition coefficient (Wildman–Crippen LogP) is 4.64. The zero-order chi connectivity index (χ0) is 13.7. The molecule has 1 aromatic heterocycles. The smallest absolute Gasteiger partial charge is 0.166 e. The van der Waals surface area contributed by atoms with Crippen molar-refractivity contribution in [3.05, 3.63) is 45.6 Å². The van der Waals surface area contributed by atoms with E-state index in [1.165, 1.54) is 9.75 Å². The van der Waals surface area contributed by atoms with Crippen LogP contribution in [-0.4, -0.2) is 7.11 Å². The van der Waals surface area contributed by atoms with Crippen LogP contribution in [0.4, 0.5) is 0 Å². The van der Waals surface area contributed by atoms with Crippen molar-refractivity contribution in [1.29, 1.82) is 0 Å². The van der Waals surface area contributed by atoms with E-state index in [0.717, 1.165) is 23.5 Å². The van der Waals surface area contributed by atoms with Crippen LogP contribution in [0.3, 0.4) is 0 Å². The van der Waals surface area contributed by atoms with Crippen LogP contribution in [0.1, 0.15) is 22.2 Å². The van der Waals surface area contributed by atoms with Gasteiger partial charge in [-0.05, 0) is 24.6 Å². The molecule has 2 aromatic rings. The van der Waals surface area contributed by atoms with Crippen molar-refractivity contribution in [2.75, 3.05) is 7.11 Å². The van der Waals surface area contributed by atoms with Crippen LogP contribution < -0.4 is 9.47 Å². The van der Waals surface area contributed by atoms with Crippen molar-refractivity contribution in [3.63, 3.8) is 0 Å². The number of rotatable bonds is 6. The molecule has 0 N–H and O–H groups in total. The molecule has 19 heavy (non-hydrogen) atoms. The number of alkyl halides is 1. The normalized spacial score (nSPS) is 10.5. The first-order chi connectivity index (χ1) is 9.28. The van der Waals surface area contributed by atoms with Gasteiger partial charge in [-0.25, -0.2) is 0 Å². The molecule has 0 aliphatic heterocycles. The summed E-state index contributed by atoms with van der Waals surface area (Å²) in [6.45, 7) is 2.71. The second-order valence-electron chi connectivity index (χ2n) is 4.09. The SMILES string of the molecule is CCc1ccc(COc2c(CCl)cccc2OC)s1. The summed E-state index contributed by atoms with van der Waals surface area (Å²) in [5, 5.41) is 0. The number of hydrogen-bond acceptors (Lipinski definition) is 3. The fourth-order valence-corrected chi connectivity index (χ4v) is 2.91. The third-order valence-electron chi connectivity index (χ3n) is 2.85. The van der Waals surface area contributed by atoms with Crippen LogP contribution >= 0.6 is 22.9 Å². The minimum Gasteiger partial charge on any atom is -0.493 e. The van der Waals surface area contributed by atoms with Crippen molar-refractivity contribution in [2.45, 2.75) is 25.8 Å². The second kappa shape index (κ2) is 6.83. The summed E-state index contributed by atoms with van der Waals surface area (Å²) >= 11 is 7.72. The molecule has 0 bridgehead atoms. The number of aryl methyl sites for hydroxylation is 1. The van der Waals surface area contributed by atoms with Crippen LogP contribution in [-0.2, 0) is 18.9 Å². The van der Waals surface area contributed by atoms with Crippen molar-refractivity contribution < 1.29 is 9.47 Å². The molecule has 1 aromatic carbocycles. The van der Waals surface area contributed by atoms with E-state index in [1.807, 2.05) is 18.2 Å². The molecule has 0 unspecified atom stereocenters. The van der Waals surface area contributed by atoms with Crippen LogP contribution in [0.5, 0.6) is 11.5 Å². The third-order valence-corrected chi connectivity index (χ3v) is 4.34. The van der Waals surface area contributed by atoms with Crippen molar-refractivity contribution in [3.8, 4) is 11.5 Å². The van der Waals surface area contributed by atoms with Gasteiger partial charge in [0.15, 0.2) is 11.5 Å². The molecule has 0 spiro atoms. The largest absolute Gasteiger partial charge is 0.493 e. The molecule has 0 atom stereocenters. The maximum atomic E-state index is 5.94. The zero-order valence-corrected chi connectivity index (χ0v) is 12.7.